The lowest BCUT2D eigenvalue weighted by molar-refractivity contribution is 0.101. The van der Waals surface area contributed by atoms with Crippen molar-refractivity contribution < 1.29 is 4.79 Å². The molecule has 84 valence electrons. The highest BCUT2D eigenvalue weighted by atomic mass is 32.1. The molecule has 0 radical (unpaired) electrons. The van der Waals surface area contributed by atoms with Gasteiger partial charge in [0.05, 0.1) is 5.69 Å². The van der Waals surface area contributed by atoms with E-state index in [0.29, 0.717) is 16.5 Å². The number of nitrogens with two attached hydrogens (primary N) is 1. The Hall–Kier alpha value is -1.82. The number of thiazole rings is 1. The smallest absolute Gasteiger partial charge is 0.274 e. The molecule has 2 aromatic heterocycles. The lowest BCUT2D eigenvalue weighted by Crippen LogP contribution is -2.14. The zero-order valence-corrected chi connectivity index (χ0v) is 9.84. The van der Waals surface area contributed by atoms with Crippen LogP contribution in [0.2, 0.25) is 0 Å². The standard InChI is InChI=1S/C10H12N4OS/c1-6-4-12-10(16-6)13-9(15)8-3-7(11)5-14(8)2/h3-5H,11H2,1-2H3,(H,12,13,15). The number of aryl methyl sites for hydroxylation is 2. The Balaban J connectivity index is 2.17. The minimum absolute atomic E-state index is 0.200. The summed E-state index contributed by atoms with van der Waals surface area (Å²) in [5, 5.41) is 3.32. The van der Waals surface area contributed by atoms with E-state index < -0.39 is 0 Å². The third kappa shape index (κ3) is 2.06. The molecule has 5 nitrogen and oxygen atoms in total. The van der Waals surface area contributed by atoms with Gasteiger partial charge < -0.3 is 10.3 Å². The van der Waals surface area contributed by atoms with Crippen LogP contribution in [-0.4, -0.2) is 15.5 Å². The van der Waals surface area contributed by atoms with E-state index in [0.717, 1.165) is 4.88 Å². The monoisotopic (exact) mass is 236 g/mol. The predicted molar refractivity (Wildman–Crippen MR) is 64.6 cm³/mol. The topological polar surface area (TPSA) is 72.9 Å². The van der Waals surface area contributed by atoms with Crippen LogP contribution in [-0.2, 0) is 7.05 Å². The SMILES string of the molecule is Cc1cnc(NC(=O)c2cc(N)cn2C)s1. The summed E-state index contributed by atoms with van der Waals surface area (Å²) >= 11 is 1.44. The van der Waals surface area contributed by atoms with Crippen LogP contribution in [0.3, 0.4) is 0 Å². The fourth-order valence-electron chi connectivity index (χ4n) is 1.39. The van der Waals surface area contributed by atoms with E-state index in [1.165, 1.54) is 11.3 Å². The fraction of sp³-hybridized carbons (Fsp3) is 0.200. The number of nitrogen functional groups attached to an aromatic ring is 1. The number of hydrogen-bond donors (Lipinski definition) is 2. The molecule has 6 heteroatoms. The first-order chi connectivity index (χ1) is 7.56. The maximum absolute atomic E-state index is 11.8. The van der Waals surface area contributed by atoms with Gasteiger partial charge in [0.15, 0.2) is 5.13 Å². The lowest BCUT2D eigenvalue weighted by atomic mass is 10.4. The molecule has 0 aliphatic heterocycles. The molecule has 0 aliphatic carbocycles. The summed E-state index contributed by atoms with van der Waals surface area (Å²) in [7, 11) is 1.78. The first-order valence-corrected chi connectivity index (χ1v) is 5.53. The number of nitrogens with one attached hydrogen (secondary N) is 1. The van der Waals surface area contributed by atoms with E-state index >= 15 is 0 Å². The van der Waals surface area contributed by atoms with Crippen molar-refractivity contribution in [3.63, 3.8) is 0 Å². The van der Waals surface area contributed by atoms with Gasteiger partial charge >= 0.3 is 0 Å². The number of carbonyl (C=O) groups excluding carboxylic acids is 1. The van der Waals surface area contributed by atoms with Crippen LogP contribution in [0.4, 0.5) is 10.8 Å². The number of rotatable bonds is 2. The highest BCUT2D eigenvalue weighted by Gasteiger charge is 2.12. The van der Waals surface area contributed by atoms with Crippen molar-refractivity contribution in [1.29, 1.82) is 0 Å². The number of aromatic nitrogens is 2. The summed E-state index contributed by atoms with van der Waals surface area (Å²) < 4.78 is 1.69. The summed E-state index contributed by atoms with van der Waals surface area (Å²) in [4.78, 5) is 17.0. The summed E-state index contributed by atoms with van der Waals surface area (Å²) in [6.07, 6.45) is 3.42. The van der Waals surface area contributed by atoms with Crippen molar-refractivity contribution in [2.75, 3.05) is 11.1 Å². The molecule has 0 aromatic carbocycles. The maximum Gasteiger partial charge on any atom is 0.274 e. The van der Waals surface area contributed by atoms with Gasteiger partial charge in [-0.3, -0.25) is 10.1 Å². The zero-order chi connectivity index (χ0) is 11.7. The van der Waals surface area contributed by atoms with Crippen LogP contribution < -0.4 is 11.1 Å². The van der Waals surface area contributed by atoms with Crippen LogP contribution in [0.5, 0.6) is 0 Å². The van der Waals surface area contributed by atoms with Crippen LogP contribution in [0, 0.1) is 6.92 Å². The quantitative estimate of drug-likeness (QED) is 0.832. The Labute approximate surface area is 96.9 Å². The van der Waals surface area contributed by atoms with Crippen molar-refractivity contribution in [2.24, 2.45) is 7.05 Å². The van der Waals surface area contributed by atoms with Gasteiger partial charge in [-0.15, -0.1) is 11.3 Å². The number of nitrogens with zero attached hydrogens (tertiary/aromatic N) is 2. The third-order valence-corrected chi connectivity index (χ3v) is 2.93. The van der Waals surface area contributed by atoms with Gasteiger partial charge in [-0.25, -0.2) is 4.98 Å². The highest BCUT2D eigenvalue weighted by molar-refractivity contribution is 7.15. The average Bonchev–Trinajstić information content (AvgIpc) is 2.73. The summed E-state index contributed by atoms with van der Waals surface area (Å²) in [6.45, 7) is 1.94. The van der Waals surface area contributed by atoms with E-state index in [-0.39, 0.29) is 5.91 Å². The van der Waals surface area contributed by atoms with Crippen LogP contribution in [0.25, 0.3) is 0 Å². The van der Waals surface area contributed by atoms with Gasteiger partial charge in [0.2, 0.25) is 0 Å². The van der Waals surface area contributed by atoms with Gasteiger partial charge in [-0.1, -0.05) is 0 Å². The third-order valence-electron chi connectivity index (χ3n) is 2.10. The molecule has 0 unspecified atom stereocenters. The van der Waals surface area contributed by atoms with E-state index in [9.17, 15) is 4.79 Å². The highest BCUT2D eigenvalue weighted by Crippen LogP contribution is 2.18. The van der Waals surface area contributed by atoms with Crippen molar-refractivity contribution in [3.05, 3.63) is 29.0 Å². The normalized spacial score (nSPS) is 10.4. The molecule has 2 aromatic rings. The maximum atomic E-state index is 11.8. The first kappa shape index (κ1) is 10.7. The lowest BCUT2D eigenvalue weighted by Gasteiger charge is -2.01. The second-order valence-corrected chi connectivity index (χ2v) is 4.73. The number of hydrogen-bond acceptors (Lipinski definition) is 4. The van der Waals surface area contributed by atoms with E-state index in [1.54, 1.807) is 30.1 Å². The second-order valence-electron chi connectivity index (χ2n) is 3.50. The number of anilines is 2. The summed E-state index contributed by atoms with van der Waals surface area (Å²) in [6, 6.07) is 1.63. The van der Waals surface area contributed by atoms with Gasteiger partial charge in [0.25, 0.3) is 5.91 Å². The van der Waals surface area contributed by atoms with Gasteiger partial charge in [0, 0.05) is 24.3 Å². The second kappa shape index (κ2) is 3.97. The first-order valence-electron chi connectivity index (χ1n) is 4.72. The molecule has 0 saturated heterocycles. The van der Waals surface area contributed by atoms with E-state index in [4.69, 9.17) is 5.73 Å². The molecular weight excluding hydrogens is 224 g/mol. The Morgan fingerprint density at radius 1 is 1.62 bits per heavy atom. The largest absolute Gasteiger partial charge is 0.397 e. The molecule has 1 amide bonds. The van der Waals surface area contributed by atoms with Crippen molar-refractivity contribution in [1.82, 2.24) is 9.55 Å². The Kier molecular flexibility index (Phi) is 2.66. The average molecular weight is 236 g/mol. The predicted octanol–water partition coefficient (Wildman–Crippen LogP) is 1.62. The van der Waals surface area contributed by atoms with Crippen molar-refractivity contribution in [3.8, 4) is 0 Å². The minimum atomic E-state index is -0.200. The Morgan fingerprint density at radius 3 is 2.88 bits per heavy atom. The molecule has 0 saturated carbocycles. The molecule has 0 atom stereocenters. The zero-order valence-electron chi connectivity index (χ0n) is 9.02. The Bertz CT molecular complexity index is 529. The fourth-order valence-corrected chi connectivity index (χ4v) is 2.05. The molecule has 16 heavy (non-hydrogen) atoms. The molecule has 3 N–H and O–H groups in total. The van der Waals surface area contributed by atoms with Crippen molar-refractivity contribution >= 4 is 28.1 Å². The van der Waals surface area contributed by atoms with Gasteiger partial charge in [0.1, 0.15) is 5.69 Å². The molecule has 0 aliphatic rings. The van der Waals surface area contributed by atoms with Crippen LogP contribution >= 0.6 is 11.3 Å². The number of carbonyl (C=O) groups is 1. The molecule has 2 heterocycles. The summed E-state index contributed by atoms with van der Waals surface area (Å²) in [5.41, 5.74) is 6.69. The van der Waals surface area contributed by atoms with Crippen molar-refractivity contribution in [2.45, 2.75) is 6.92 Å². The molecule has 0 spiro atoms. The van der Waals surface area contributed by atoms with Gasteiger partial charge in [-0.05, 0) is 13.0 Å². The van der Waals surface area contributed by atoms with E-state index in [2.05, 4.69) is 10.3 Å². The minimum Gasteiger partial charge on any atom is -0.397 e. The molecular formula is C10H12N4OS. The molecule has 0 bridgehead atoms. The van der Waals surface area contributed by atoms with Crippen LogP contribution in [0.1, 0.15) is 15.4 Å². The molecule has 2 rings (SSSR count). The van der Waals surface area contributed by atoms with Crippen LogP contribution in [0.15, 0.2) is 18.5 Å². The molecule has 0 fully saturated rings. The number of amides is 1. The summed E-state index contributed by atoms with van der Waals surface area (Å²) in [5.74, 6) is -0.200. The Morgan fingerprint density at radius 2 is 2.38 bits per heavy atom. The van der Waals surface area contributed by atoms with E-state index in [1.807, 2.05) is 6.92 Å². The van der Waals surface area contributed by atoms with Gasteiger partial charge in [-0.2, -0.15) is 0 Å².